The fourth-order valence-corrected chi connectivity index (χ4v) is 5.05. The van der Waals surface area contributed by atoms with Gasteiger partial charge in [-0.15, -0.1) is 0 Å². The molecule has 2 aliphatic rings. The Bertz CT molecular complexity index is 1190. The van der Waals surface area contributed by atoms with E-state index in [1.165, 1.54) is 12.7 Å². The molecule has 6 nitrogen and oxygen atoms in total. The number of ether oxygens (including phenoxy) is 3. The molecule has 0 radical (unpaired) electrons. The molecule has 1 N–H and O–H groups in total. The van der Waals surface area contributed by atoms with Gasteiger partial charge in [-0.25, -0.2) is 0 Å². The Labute approximate surface area is 207 Å². The summed E-state index contributed by atoms with van der Waals surface area (Å²) in [6.07, 6.45) is 1.12. The van der Waals surface area contributed by atoms with Gasteiger partial charge in [0.2, 0.25) is 0 Å². The van der Waals surface area contributed by atoms with Gasteiger partial charge in [0.25, 0.3) is 0 Å². The van der Waals surface area contributed by atoms with Crippen LogP contribution in [0, 0.1) is 18.3 Å². The van der Waals surface area contributed by atoms with Crippen LogP contribution in [0.25, 0.3) is 0 Å². The van der Waals surface area contributed by atoms with Gasteiger partial charge in [-0.3, -0.25) is 9.59 Å². The SMILES string of the molecule is C=C1NC2=C(C(=O)CC(C)(C)C2)C(c2ccc(OCc3ccc(C)cc3)c(OC)c2)C1C(=O)OC. The van der Waals surface area contributed by atoms with Crippen LogP contribution in [0.4, 0.5) is 0 Å². The lowest BCUT2D eigenvalue weighted by atomic mass is 9.66. The maximum Gasteiger partial charge on any atom is 0.315 e. The highest BCUT2D eigenvalue weighted by molar-refractivity contribution is 6.00. The fourth-order valence-electron chi connectivity index (χ4n) is 5.05. The molecule has 1 heterocycles. The molecular weight excluding hydrogens is 442 g/mol. The molecule has 6 heteroatoms. The van der Waals surface area contributed by atoms with Crippen LogP contribution in [0.2, 0.25) is 0 Å². The topological polar surface area (TPSA) is 73.9 Å². The normalized spacial score (nSPS) is 21.2. The highest BCUT2D eigenvalue weighted by atomic mass is 16.5. The number of aryl methyl sites for hydroxylation is 1. The molecule has 184 valence electrons. The number of ketones is 1. The van der Waals surface area contributed by atoms with Crippen molar-refractivity contribution < 1.29 is 23.8 Å². The molecule has 1 aliphatic heterocycles. The molecule has 1 aliphatic carbocycles. The average molecular weight is 476 g/mol. The van der Waals surface area contributed by atoms with E-state index in [1.54, 1.807) is 7.11 Å². The first-order valence-corrected chi connectivity index (χ1v) is 11.8. The number of nitrogens with one attached hydrogen (secondary N) is 1. The van der Waals surface area contributed by atoms with Crippen LogP contribution < -0.4 is 14.8 Å². The van der Waals surface area contributed by atoms with Crippen molar-refractivity contribution in [1.29, 1.82) is 0 Å². The van der Waals surface area contributed by atoms with Crippen LogP contribution in [-0.4, -0.2) is 26.0 Å². The van der Waals surface area contributed by atoms with E-state index in [-0.39, 0.29) is 11.2 Å². The lowest BCUT2D eigenvalue weighted by Gasteiger charge is -2.42. The summed E-state index contributed by atoms with van der Waals surface area (Å²) >= 11 is 0. The Morgan fingerprint density at radius 1 is 1.09 bits per heavy atom. The molecule has 0 saturated carbocycles. The zero-order chi connectivity index (χ0) is 25.3. The van der Waals surface area contributed by atoms with Crippen LogP contribution >= 0.6 is 0 Å². The highest BCUT2D eigenvalue weighted by Gasteiger charge is 2.46. The molecule has 0 saturated heterocycles. The molecule has 2 aromatic rings. The Balaban J connectivity index is 1.72. The number of allylic oxidation sites excluding steroid dienone is 2. The van der Waals surface area contributed by atoms with E-state index in [0.29, 0.717) is 42.2 Å². The summed E-state index contributed by atoms with van der Waals surface area (Å²) in [6, 6.07) is 13.7. The molecular formula is C29H33NO5. The van der Waals surface area contributed by atoms with E-state index in [2.05, 4.69) is 25.7 Å². The van der Waals surface area contributed by atoms with Crippen LogP contribution in [0.1, 0.15) is 49.3 Å². The molecule has 0 bridgehead atoms. The van der Waals surface area contributed by atoms with Crippen molar-refractivity contribution in [3.8, 4) is 11.5 Å². The van der Waals surface area contributed by atoms with Gasteiger partial charge in [0.1, 0.15) is 12.5 Å². The van der Waals surface area contributed by atoms with Gasteiger partial charge in [-0.1, -0.05) is 56.3 Å². The summed E-state index contributed by atoms with van der Waals surface area (Å²) < 4.78 is 16.8. The lowest BCUT2D eigenvalue weighted by Crippen LogP contribution is -2.43. The lowest BCUT2D eigenvalue weighted by molar-refractivity contribution is -0.144. The van der Waals surface area contributed by atoms with Crippen LogP contribution in [-0.2, 0) is 20.9 Å². The Morgan fingerprint density at radius 2 is 1.80 bits per heavy atom. The van der Waals surface area contributed by atoms with Gasteiger partial charge in [-0.2, -0.15) is 0 Å². The number of rotatable bonds is 6. The largest absolute Gasteiger partial charge is 0.493 e. The predicted octanol–water partition coefficient (Wildman–Crippen LogP) is 5.22. The van der Waals surface area contributed by atoms with Crippen molar-refractivity contribution >= 4 is 11.8 Å². The Hall–Kier alpha value is -3.54. The second-order valence-corrected chi connectivity index (χ2v) is 10.1. The number of hydrogen-bond donors (Lipinski definition) is 1. The minimum atomic E-state index is -0.729. The Morgan fingerprint density at radius 3 is 2.46 bits per heavy atom. The van der Waals surface area contributed by atoms with Crippen molar-refractivity contribution in [2.45, 2.75) is 46.1 Å². The zero-order valence-corrected chi connectivity index (χ0v) is 21.1. The Kier molecular flexibility index (Phi) is 6.75. The summed E-state index contributed by atoms with van der Waals surface area (Å²) in [5.41, 5.74) is 4.84. The third-order valence-electron chi connectivity index (χ3n) is 6.77. The number of hydrogen-bond acceptors (Lipinski definition) is 6. The van der Waals surface area contributed by atoms with Gasteiger partial charge >= 0.3 is 5.97 Å². The maximum atomic E-state index is 13.4. The molecule has 4 rings (SSSR count). The van der Waals surface area contributed by atoms with Crippen molar-refractivity contribution in [2.75, 3.05) is 14.2 Å². The molecule has 0 fully saturated rings. The molecule has 0 spiro atoms. The van der Waals surface area contributed by atoms with Crippen molar-refractivity contribution in [3.05, 3.63) is 82.7 Å². The van der Waals surface area contributed by atoms with Gasteiger partial charge in [0.15, 0.2) is 17.3 Å². The monoisotopic (exact) mass is 475 g/mol. The molecule has 0 aromatic heterocycles. The first-order chi connectivity index (χ1) is 16.6. The fraction of sp³-hybridized carbons (Fsp3) is 0.379. The van der Waals surface area contributed by atoms with E-state index >= 15 is 0 Å². The number of methoxy groups -OCH3 is 2. The maximum absolute atomic E-state index is 13.4. The standard InChI is InChI=1S/C29H33NO5/c1-17-7-9-19(10-8-17)16-35-23-12-11-20(13-24(23)33-5)26-25(28(32)34-6)18(2)30-21-14-29(3,4)15-22(31)27(21)26/h7-13,25-26,30H,2,14-16H2,1,3-6H3. The number of benzene rings is 2. The highest BCUT2D eigenvalue weighted by Crippen LogP contribution is 2.49. The molecule has 0 amide bonds. The number of Topliss-reactive ketones (excluding diaryl/α,β-unsaturated/α-hetero) is 1. The molecule has 35 heavy (non-hydrogen) atoms. The second kappa shape index (κ2) is 9.61. The predicted molar refractivity (Wildman–Crippen MR) is 134 cm³/mol. The average Bonchev–Trinajstić information content (AvgIpc) is 2.81. The zero-order valence-electron chi connectivity index (χ0n) is 21.1. The third-order valence-corrected chi connectivity index (χ3v) is 6.77. The van der Waals surface area contributed by atoms with E-state index in [0.717, 1.165) is 16.8 Å². The van der Waals surface area contributed by atoms with Crippen LogP contribution in [0.5, 0.6) is 11.5 Å². The number of esters is 1. The van der Waals surface area contributed by atoms with Gasteiger partial charge in [0, 0.05) is 29.3 Å². The number of carbonyl (C=O) groups is 2. The molecule has 2 unspecified atom stereocenters. The van der Waals surface area contributed by atoms with Crippen LogP contribution in [0.3, 0.4) is 0 Å². The first-order valence-electron chi connectivity index (χ1n) is 11.8. The van der Waals surface area contributed by atoms with Crippen LogP contribution in [0.15, 0.2) is 66.0 Å². The molecule has 2 aromatic carbocycles. The van der Waals surface area contributed by atoms with Crippen molar-refractivity contribution in [1.82, 2.24) is 5.32 Å². The second-order valence-electron chi connectivity index (χ2n) is 10.1. The summed E-state index contributed by atoms with van der Waals surface area (Å²) in [7, 11) is 2.93. The number of carbonyl (C=O) groups excluding carboxylic acids is 2. The van der Waals surface area contributed by atoms with E-state index in [9.17, 15) is 9.59 Å². The third kappa shape index (κ3) is 4.97. The van der Waals surface area contributed by atoms with E-state index in [1.807, 2.05) is 49.4 Å². The quantitative estimate of drug-likeness (QED) is 0.578. The summed E-state index contributed by atoms with van der Waals surface area (Å²) in [4.78, 5) is 26.2. The van der Waals surface area contributed by atoms with Crippen molar-refractivity contribution in [3.63, 3.8) is 0 Å². The minimum absolute atomic E-state index is 0.0359. The van der Waals surface area contributed by atoms with Gasteiger partial charge < -0.3 is 19.5 Å². The molecule has 2 atom stereocenters. The van der Waals surface area contributed by atoms with E-state index in [4.69, 9.17) is 14.2 Å². The summed E-state index contributed by atoms with van der Waals surface area (Å²) in [5.74, 6) is -0.524. The smallest absolute Gasteiger partial charge is 0.315 e. The summed E-state index contributed by atoms with van der Waals surface area (Å²) in [6.45, 7) is 10.7. The van der Waals surface area contributed by atoms with E-state index < -0.39 is 17.8 Å². The van der Waals surface area contributed by atoms with Gasteiger partial charge in [0.05, 0.1) is 14.2 Å². The van der Waals surface area contributed by atoms with Crippen molar-refractivity contribution in [2.24, 2.45) is 11.3 Å². The summed E-state index contributed by atoms with van der Waals surface area (Å²) in [5, 5.41) is 3.26. The van der Waals surface area contributed by atoms with Gasteiger partial charge in [-0.05, 0) is 42.0 Å². The minimum Gasteiger partial charge on any atom is -0.493 e. The first kappa shape index (κ1) is 24.6.